The Balaban J connectivity index is 1.30. The maximum atomic E-state index is 2.33. The first-order chi connectivity index (χ1) is 15.7. The fraction of sp³-hybridized carbons (Fsp3) is 0.0769. The van der Waals surface area contributed by atoms with Gasteiger partial charge in [0.05, 0.1) is 0 Å². The molecule has 0 radical (unpaired) electrons. The summed E-state index contributed by atoms with van der Waals surface area (Å²) >= 11 is 11.3. The zero-order chi connectivity index (χ0) is 21.7. The molecule has 0 nitrogen and oxygen atoms in total. The third kappa shape index (κ3) is 3.79. The Morgan fingerprint density at radius 3 is 1.28 bits per heavy atom. The molecule has 0 saturated heterocycles. The summed E-state index contributed by atoms with van der Waals surface area (Å²) in [5.41, 5.74) is 2.74. The molecule has 6 aromatic rings. The van der Waals surface area contributed by atoms with Gasteiger partial charge in [-0.15, -0.1) is 68.0 Å². The normalized spacial score (nSPS) is 11.4. The highest BCUT2D eigenvalue weighted by Crippen LogP contribution is 2.47. The zero-order valence-electron chi connectivity index (χ0n) is 17.4. The maximum absolute atomic E-state index is 2.33. The van der Waals surface area contributed by atoms with Gasteiger partial charge >= 0.3 is 0 Å². The molecular formula is C26H18S6. The lowest BCUT2D eigenvalue weighted by molar-refractivity contribution is 1.56. The summed E-state index contributed by atoms with van der Waals surface area (Å²) in [4.78, 5) is 13.7. The molecule has 0 aliphatic rings. The highest BCUT2D eigenvalue weighted by Gasteiger charge is 2.16. The Morgan fingerprint density at radius 1 is 0.438 bits per heavy atom. The second-order valence-electron chi connectivity index (χ2n) is 7.53. The fourth-order valence-corrected chi connectivity index (χ4v) is 10.2. The van der Waals surface area contributed by atoms with Crippen molar-refractivity contribution in [2.24, 2.45) is 0 Å². The predicted molar refractivity (Wildman–Crippen MR) is 150 cm³/mol. The molecule has 0 bridgehead atoms. The summed E-state index contributed by atoms with van der Waals surface area (Å²) in [6.45, 7) is 4.46. The van der Waals surface area contributed by atoms with E-state index in [0.29, 0.717) is 0 Å². The molecule has 0 aliphatic heterocycles. The zero-order valence-corrected chi connectivity index (χ0v) is 22.3. The monoisotopic (exact) mass is 522 g/mol. The van der Waals surface area contributed by atoms with Gasteiger partial charge in [-0.3, -0.25) is 0 Å². The van der Waals surface area contributed by atoms with Gasteiger partial charge in [-0.25, -0.2) is 0 Å². The first-order valence-corrected chi connectivity index (χ1v) is 15.2. The largest absolute Gasteiger partial charge is 0.143 e. The van der Waals surface area contributed by atoms with Crippen LogP contribution >= 0.6 is 68.0 Å². The van der Waals surface area contributed by atoms with Gasteiger partial charge in [0, 0.05) is 48.8 Å². The molecule has 0 aliphatic carbocycles. The summed E-state index contributed by atoms with van der Waals surface area (Å²) in [5.74, 6) is 0. The minimum absolute atomic E-state index is 1.36. The van der Waals surface area contributed by atoms with Crippen LogP contribution in [0.15, 0.2) is 71.4 Å². The van der Waals surface area contributed by atoms with E-state index >= 15 is 0 Å². The first kappa shape index (κ1) is 20.8. The van der Waals surface area contributed by atoms with E-state index in [1.807, 2.05) is 68.0 Å². The van der Waals surface area contributed by atoms with Crippen molar-refractivity contribution in [1.82, 2.24) is 0 Å². The molecule has 6 heteroatoms. The molecule has 0 amide bonds. The van der Waals surface area contributed by atoms with Crippen molar-refractivity contribution in [3.05, 3.63) is 82.6 Å². The smallest absolute Gasteiger partial charge is 0.0478 e. The van der Waals surface area contributed by atoms with E-state index < -0.39 is 0 Å². The van der Waals surface area contributed by atoms with Gasteiger partial charge in [0.2, 0.25) is 0 Å². The van der Waals surface area contributed by atoms with Crippen LogP contribution in [0.25, 0.3) is 48.8 Å². The lowest BCUT2D eigenvalue weighted by atomic mass is 10.2. The summed E-state index contributed by atoms with van der Waals surface area (Å²) in [6.07, 6.45) is 0. The Hall–Kier alpha value is -1.80. The van der Waals surface area contributed by atoms with Crippen LogP contribution in [-0.2, 0) is 0 Å². The Bertz CT molecular complexity index is 1370. The summed E-state index contributed by atoms with van der Waals surface area (Å²) < 4.78 is 0. The van der Waals surface area contributed by atoms with E-state index in [1.165, 1.54) is 59.9 Å². The lowest BCUT2D eigenvalue weighted by Crippen LogP contribution is -1.67. The van der Waals surface area contributed by atoms with E-state index in [2.05, 4.69) is 85.3 Å². The minimum atomic E-state index is 1.36. The lowest BCUT2D eigenvalue weighted by Gasteiger charge is -1.95. The molecule has 0 unspecified atom stereocenters. The topological polar surface area (TPSA) is 0 Å². The van der Waals surface area contributed by atoms with Crippen molar-refractivity contribution in [1.29, 1.82) is 0 Å². The SMILES string of the molecule is Cc1cc(-c2cccs2)sc1-c1ccc(-c2ccc(-c3sc(-c4cccs4)cc3C)s2)s1. The molecular weight excluding hydrogens is 505 g/mol. The molecule has 0 spiro atoms. The minimum Gasteiger partial charge on any atom is -0.143 e. The Morgan fingerprint density at radius 2 is 0.875 bits per heavy atom. The summed E-state index contributed by atoms with van der Waals surface area (Å²) in [6, 6.07) is 22.5. The number of hydrogen-bond acceptors (Lipinski definition) is 6. The second kappa shape index (κ2) is 8.52. The second-order valence-corrected chi connectivity index (χ2v) is 13.7. The van der Waals surface area contributed by atoms with Gasteiger partial charge < -0.3 is 0 Å². The number of aryl methyl sites for hydroxylation is 2. The molecule has 32 heavy (non-hydrogen) atoms. The summed E-state index contributed by atoms with van der Waals surface area (Å²) in [5, 5.41) is 4.31. The van der Waals surface area contributed by atoms with E-state index in [9.17, 15) is 0 Å². The average molecular weight is 523 g/mol. The van der Waals surface area contributed by atoms with Crippen LogP contribution in [-0.4, -0.2) is 0 Å². The van der Waals surface area contributed by atoms with Crippen LogP contribution in [0.3, 0.4) is 0 Å². The van der Waals surface area contributed by atoms with Gasteiger partial charge in [-0.05, 0) is 84.3 Å². The molecule has 6 rings (SSSR count). The molecule has 0 fully saturated rings. The third-order valence-electron chi connectivity index (χ3n) is 5.27. The van der Waals surface area contributed by atoms with Crippen LogP contribution in [0.4, 0.5) is 0 Å². The van der Waals surface area contributed by atoms with Crippen molar-refractivity contribution >= 4 is 68.0 Å². The van der Waals surface area contributed by atoms with Crippen molar-refractivity contribution in [3.8, 4) is 48.8 Å². The molecule has 0 N–H and O–H groups in total. The number of rotatable bonds is 5. The Kier molecular flexibility index (Phi) is 5.53. The predicted octanol–water partition coefficient (Wildman–Crippen LogP) is 11.0. The standard InChI is InChI=1S/C26H18S6/c1-15-13-23(17-5-3-11-27-17)31-25(15)21-9-7-19(29-21)20-8-10-22(30-20)26-16(2)14-24(32-26)18-6-4-12-28-18/h3-14H,1-2H3. The van der Waals surface area contributed by atoms with E-state index in [0.717, 1.165) is 0 Å². The van der Waals surface area contributed by atoms with Gasteiger partial charge in [-0.2, -0.15) is 0 Å². The highest BCUT2D eigenvalue weighted by molar-refractivity contribution is 7.30. The van der Waals surface area contributed by atoms with Gasteiger partial charge in [0.25, 0.3) is 0 Å². The molecule has 6 aromatic heterocycles. The van der Waals surface area contributed by atoms with Gasteiger partial charge in [-0.1, -0.05) is 12.1 Å². The maximum Gasteiger partial charge on any atom is 0.0478 e. The van der Waals surface area contributed by atoms with Crippen LogP contribution in [0.5, 0.6) is 0 Å². The van der Waals surface area contributed by atoms with Crippen molar-refractivity contribution in [2.75, 3.05) is 0 Å². The van der Waals surface area contributed by atoms with E-state index in [-0.39, 0.29) is 0 Å². The van der Waals surface area contributed by atoms with Crippen LogP contribution < -0.4 is 0 Å². The third-order valence-corrected chi connectivity index (χ3v) is 12.6. The highest BCUT2D eigenvalue weighted by atomic mass is 32.1. The quantitative estimate of drug-likeness (QED) is 0.211. The van der Waals surface area contributed by atoms with Gasteiger partial charge in [0.1, 0.15) is 0 Å². The average Bonchev–Trinajstić information content (AvgIpc) is 3.61. The fourth-order valence-electron chi connectivity index (χ4n) is 3.72. The number of thiophene rings is 6. The summed E-state index contributed by atoms with van der Waals surface area (Å²) in [7, 11) is 0. The van der Waals surface area contributed by atoms with E-state index in [1.54, 1.807) is 0 Å². The van der Waals surface area contributed by atoms with Crippen LogP contribution in [0, 0.1) is 13.8 Å². The van der Waals surface area contributed by atoms with Crippen molar-refractivity contribution in [2.45, 2.75) is 13.8 Å². The number of hydrogen-bond donors (Lipinski definition) is 0. The molecule has 6 heterocycles. The van der Waals surface area contributed by atoms with Crippen molar-refractivity contribution < 1.29 is 0 Å². The molecule has 0 saturated carbocycles. The Labute approximate surface area is 211 Å². The van der Waals surface area contributed by atoms with Gasteiger partial charge in [0.15, 0.2) is 0 Å². The van der Waals surface area contributed by atoms with E-state index in [4.69, 9.17) is 0 Å². The molecule has 0 aromatic carbocycles. The molecule has 158 valence electrons. The first-order valence-electron chi connectivity index (χ1n) is 10.1. The van der Waals surface area contributed by atoms with Crippen LogP contribution in [0.1, 0.15) is 11.1 Å². The van der Waals surface area contributed by atoms with Crippen LogP contribution in [0.2, 0.25) is 0 Å². The molecule has 0 atom stereocenters. The van der Waals surface area contributed by atoms with Crippen molar-refractivity contribution in [3.63, 3.8) is 0 Å².